The van der Waals surface area contributed by atoms with Gasteiger partial charge in [0.1, 0.15) is 6.61 Å². The Kier molecular flexibility index (Phi) is 6.25. The van der Waals surface area contributed by atoms with E-state index in [1.54, 1.807) is 30.3 Å². The van der Waals surface area contributed by atoms with Gasteiger partial charge in [-0.25, -0.2) is 13.6 Å². The fraction of sp³-hybridized carbons (Fsp3) is 0.400. The Morgan fingerprint density at radius 1 is 1.27 bits per heavy atom. The highest BCUT2D eigenvalue weighted by Gasteiger charge is 2.47. The fourth-order valence-corrected chi connectivity index (χ4v) is 3.23. The lowest BCUT2D eigenvalue weighted by Crippen LogP contribution is -2.48. The van der Waals surface area contributed by atoms with E-state index in [1.807, 2.05) is 0 Å². The van der Waals surface area contributed by atoms with Crippen LogP contribution in [0.3, 0.4) is 0 Å². The van der Waals surface area contributed by atoms with Crippen molar-refractivity contribution in [2.24, 2.45) is 0 Å². The number of piperidine rings is 1. The summed E-state index contributed by atoms with van der Waals surface area (Å²) in [6, 6.07) is 10.8. The summed E-state index contributed by atoms with van der Waals surface area (Å²) in [7, 11) is 0. The first-order chi connectivity index (χ1) is 14.1. The van der Waals surface area contributed by atoms with Gasteiger partial charge in [-0.05, 0) is 23.3 Å². The quantitative estimate of drug-likeness (QED) is 0.729. The van der Waals surface area contributed by atoms with Crippen molar-refractivity contribution in [2.45, 2.75) is 37.1 Å². The number of benzene rings is 1. The zero-order valence-electron chi connectivity index (χ0n) is 15.6. The predicted octanol–water partition coefficient (Wildman–Crippen LogP) is 4.44. The van der Waals surface area contributed by atoms with Crippen LogP contribution in [-0.2, 0) is 11.3 Å². The minimum Gasteiger partial charge on any atom is -0.445 e. The van der Waals surface area contributed by atoms with Crippen LogP contribution in [0, 0.1) is 0 Å². The molecular weight excluding hydrogens is 411 g/mol. The lowest BCUT2D eigenvalue weighted by atomic mass is 9.87. The van der Waals surface area contributed by atoms with E-state index in [0.717, 1.165) is 28.8 Å². The van der Waals surface area contributed by atoms with Gasteiger partial charge < -0.3 is 14.7 Å². The maximum Gasteiger partial charge on any atom is 0.420 e. The number of rotatable bonds is 4. The molecule has 0 saturated carbocycles. The predicted molar refractivity (Wildman–Crippen MR) is 95.8 cm³/mol. The molecule has 5 nitrogen and oxygen atoms in total. The minimum atomic E-state index is -4.98. The summed E-state index contributed by atoms with van der Waals surface area (Å²) < 4.78 is 72.5. The number of likely N-dealkylation sites (tertiary alicyclic amines) is 1. The number of carbonyl (C=O) groups excluding carboxylic acids is 1. The van der Waals surface area contributed by atoms with Crippen molar-refractivity contribution >= 4 is 6.09 Å². The lowest BCUT2D eigenvalue weighted by molar-refractivity contribution is -0.208. The van der Waals surface area contributed by atoms with Gasteiger partial charge in [0, 0.05) is 25.7 Å². The van der Waals surface area contributed by atoms with Crippen LogP contribution in [0.5, 0.6) is 0 Å². The Labute approximate surface area is 169 Å². The van der Waals surface area contributed by atoms with Gasteiger partial charge in [0.05, 0.1) is 11.6 Å². The van der Waals surface area contributed by atoms with Crippen LogP contribution in [0.2, 0.25) is 0 Å². The molecule has 2 aromatic rings. The monoisotopic (exact) mass is 430 g/mol. The molecule has 1 aromatic heterocycles. The van der Waals surface area contributed by atoms with E-state index in [4.69, 9.17) is 4.74 Å². The molecule has 1 N–H and O–H groups in total. The van der Waals surface area contributed by atoms with Crippen molar-refractivity contribution in [3.05, 3.63) is 65.5 Å². The molecule has 0 spiro atoms. The molecule has 3 rings (SSSR count). The molecule has 30 heavy (non-hydrogen) atoms. The van der Waals surface area contributed by atoms with Crippen LogP contribution in [0.25, 0.3) is 0 Å². The fourth-order valence-electron chi connectivity index (χ4n) is 3.23. The number of amides is 1. The normalized spacial score (nSPS) is 19.9. The average Bonchev–Trinajstić information content (AvgIpc) is 2.71. The SMILES string of the molecule is O=C(OCc1ccccc1)N1CCC(F)(F)C(c2ccnc(C(O)C(F)(F)F)c2)C1. The van der Waals surface area contributed by atoms with E-state index in [-0.39, 0.29) is 18.7 Å². The molecule has 2 atom stereocenters. The van der Waals surface area contributed by atoms with Crippen LogP contribution in [0.1, 0.15) is 35.3 Å². The highest BCUT2D eigenvalue weighted by Crippen LogP contribution is 2.41. The Bertz CT molecular complexity index is 876. The summed E-state index contributed by atoms with van der Waals surface area (Å²) in [5.74, 6) is -4.81. The Morgan fingerprint density at radius 3 is 2.63 bits per heavy atom. The van der Waals surface area contributed by atoms with Crippen molar-refractivity contribution in [3.63, 3.8) is 0 Å². The third-order valence-corrected chi connectivity index (χ3v) is 4.89. The second-order valence-electron chi connectivity index (χ2n) is 7.01. The molecule has 2 unspecified atom stereocenters. The van der Waals surface area contributed by atoms with Crippen LogP contribution in [0.4, 0.5) is 26.7 Å². The van der Waals surface area contributed by atoms with Gasteiger partial charge in [-0.2, -0.15) is 13.2 Å². The van der Waals surface area contributed by atoms with Gasteiger partial charge in [-0.1, -0.05) is 30.3 Å². The molecule has 1 aliphatic rings. The number of pyridine rings is 1. The second-order valence-corrected chi connectivity index (χ2v) is 7.01. The zero-order chi connectivity index (χ0) is 21.9. The van der Waals surface area contributed by atoms with Crippen molar-refractivity contribution in [3.8, 4) is 0 Å². The molecule has 0 aliphatic carbocycles. The van der Waals surface area contributed by atoms with E-state index in [1.165, 1.54) is 0 Å². The molecule has 10 heteroatoms. The molecule has 0 radical (unpaired) electrons. The van der Waals surface area contributed by atoms with Gasteiger partial charge in [-0.15, -0.1) is 0 Å². The van der Waals surface area contributed by atoms with Crippen LogP contribution >= 0.6 is 0 Å². The average molecular weight is 430 g/mol. The number of nitrogens with zero attached hydrogens (tertiary/aromatic N) is 2. The van der Waals surface area contributed by atoms with Gasteiger partial charge in [0.2, 0.25) is 0 Å². The maximum atomic E-state index is 14.5. The summed E-state index contributed by atoms with van der Waals surface area (Å²) in [5, 5.41) is 9.37. The van der Waals surface area contributed by atoms with Crippen molar-refractivity contribution in [2.75, 3.05) is 13.1 Å². The summed E-state index contributed by atoms with van der Waals surface area (Å²) in [6.45, 7) is -0.721. The molecule has 0 bridgehead atoms. The molecule has 1 amide bonds. The number of hydrogen-bond acceptors (Lipinski definition) is 4. The Hall–Kier alpha value is -2.75. The Morgan fingerprint density at radius 2 is 1.97 bits per heavy atom. The van der Waals surface area contributed by atoms with Gasteiger partial charge in [0.15, 0.2) is 6.10 Å². The smallest absolute Gasteiger partial charge is 0.420 e. The summed E-state index contributed by atoms with van der Waals surface area (Å²) in [6.07, 6.45) is -8.39. The van der Waals surface area contributed by atoms with Crippen LogP contribution in [0.15, 0.2) is 48.7 Å². The van der Waals surface area contributed by atoms with Gasteiger partial charge >= 0.3 is 12.3 Å². The highest BCUT2D eigenvalue weighted by molar-refractivity contribution is 5.68. The topological polar surface area (TPSA) is 62.7 Å². The number of aliphatic hydroxyl groups excluding tert-OH is 1. The van der Waals surface area contributed by atoms with E-state index < -0.39 is 48.9 Å². The van der Waals surface area contributed by atoms with Crippen LogP contribution < -0.4 is 0 Å². The number of hydrogen-bond donors (Lipinski definition) is 1. The third kappa shape index (κ3) is 5.05. The van der Waals surface area contributed by atoms with E-state index in [2.05, 4.69) is 4.98 Å². The van der Waals surface area contributed by atoms with E-state index >= 15 is 0 Å². The largest absolute Gasteiger partial charge is 0.445 e. The first-order valence-electron chi connectivity index (χ1n) is 9.12. The highest BCUT2D eigenvalue weighted by atomic mass is 19.4. The van der Waals surface area contributed by atoms with Crippen LogP contribution in [-0.4, -0.2) is 46.3 Å². The second kappa shape index (κ2) is 8.55. The first kappa shape index (κ1) is 21.9. The first-order valence-corrected chi connectivity index (χ1v) is 9.12. The summed E-state index contributed by atoms with van der Waals surface area (Å²) in [4.78, 5) is 16.9. The lowest BCUT2D eigenvalue weighted by Gasteiger charge is -2.38. The summed E-state index contributed by atoms with van der Waals surface area (Å²) in [5.41, 5.74) is -0.196. The third-order valence-electron chi connectivity index (χ3n) is 4.89. The minimum absolute atomic E-state index is 0.0333. The van der Waals surface area contributed by atoms with Crippen molar-refractivity contribution < 1.29 is 36.6 Å². The van der Waals surface area contributed by atoms with Crippen molar-refractivity contribution in [1.29, 1.82) is 0 Å². The van der Waals surface area contributed by atoms with E-state index in [0.29, 0.717) is 0 Å². The maximum absolute atomic E-state index is 14.5. The number of halogens is 5. The number of aromatic nitrogens is 1. The molecule has 1 fully saturated rings. The molecular formula is C20H19F5N2O3. The van der Waals surface area contributed by atoms with E-state index in [9.17, 15) is 31.9 Å². The molecule has 1 aliphatic heterocycles. The molecule has 162 valence electrons. The number of aliphatic hydroxyl groups is 1. The molecule has 2 heterocycles. The van der Waals surface area contributed by atoms with Gasteiger partial charge in [0.25, 0.3) is 5.92 Å². The summed E-state index contributed by atoms with van der Waals surface area (Å²) >= 11 is 0. The molecule has 1 aromatic carbocycles. The molecule has 1 saturated heterocycles. The standard InChI is InChI=1S/C20H19F5N2O3/c21-19(22)7-9-27(18(29)30-12-13-4-2-1-3-5-13)11-15(19)14-6-8-26-16(10-14)17(28)20(23,24)25/h1-6,8,10,15,17,28H,7,9,11-12H2. The number of ether oxygens (including phenoxy) is 1. The number of carbonyl (C=O) groups is 1. The van der Waals surface area contributed by atoms with Gasteiger partial charge in [-0.3, -0.25) is 4.98 Å². The number of alkyl halides is 5. The Balaban J connectivity index is 1.74. The zero-order valence-corrected chi connectivity index (χ0v) is 15.6. The van der Waals surface area contributed by atoms with Crippen molar-refractivity contribution in [1.82, 2.24) is 9.88 Å².